The van der Waals surface area contributed by atoms with Crippen LogP contribution >= 0.6 is 31.9 Å². The smallest absolute Gasteiger partial charge is 0.0738 e. The maximum Gasteiger partial charge on any atom is 0.0738 e. The maximum atomic E-state index is 3.86. The summed E-state index contributed by atoms with van der Waals surface area (Å²) in [4.78, 5) is 2.62. The molecule has 1 heterocycles. The lowest BCUT2D eigenvalue weighted by molar-refractivity contribution is 0.137. The van der Waals surface area contributed by atoms with Crippen molar-refractivity contribution in [2.45, 2.75) is 56.3 Å². The largest absolute Gasteiger partial charge is 0.289 e. The van der Waals surface area contributed by atoms with E-state index in [1.165, 1.54) is 58.0 Å². The molecule has 1 fully saturated rings. The molecule has 90 valence electrons. The first-order chi connectivity index (χ1) is 7.17. The second-order valence-electron chi connectivity index (χ2n) is 4.69. The lowest BCUT2D eigenvalue weighted by Gasteiger charge is -2.40. The van der Waals surface area contributed by atoms with Gasteiger partial charge in [0.2, 0.25) is 0 Å². The minimum absolute atomic E-state index is 0.278. The Bertz CT molecular complexity index is 171. The molecule has 0 radical (unpaired) electrons. The molecule has 1 aliphatic heterocycles. The molecule has 1 rings (SSSR count). The van der Waals surface area contributed by atoms with Crippen molar-refractivity contribution in [2.75, 3.05) is 18.4 Å². The van der Waals surface area contributed by atoms with Crippen LogP contribution in [0.25, 0.3) is 0 Å². The summed E-state index contributed by atoms with van der Waals surface area (Å²) in [6.07, 6.45) is 9.49. The first-order valence-corrected chi connectivity index (χ1v) is 8.08. The van der Waals surface area contributed by atoms with Crippen LogP contribution in [-0.4, -0.2) is 27.8 Å². The van der Waals surface area contributed by atoms with Gasteiger partial charge in [0.1, 0.15) is 0 Å². The Hall–Kier alpha value is 0.920. The number of likely N-dealkylation sites (tertiary alicyclic amines) is 1. The Morgan fingerprint density at radius 1 is 1.13 bits per heavy atom. The molecule has 0 aromatic rings. The molecule has 0 spiro atoms. The molecule has 1 saturated heterocycles. The summed E-state index contributed by atoms with van der Waals surface area (Å²) in [5.74, 6) is 0. The highest BCUT2D eigenvalue weighted by atomic mass is 79.9. The second-order valence-corrected chi connectivity index (χ2v) is 7.19. The predicted molar refractivity (Wildman–Crippen MR) is 75.0 cm³/mol. The molecule has 0 saturated carbocycles. The van der Waals surface area contributed by atoms with Gasteiger partial charge >= 0.3 is 0 Å². The predicted octanol–water partition coefficient (Wildman–Crippen LogP) is 4.54. The van der Waals surface area contributed by atoms with Crippen LogP contribution in [0, 0.1) is 0 Å². The molecule has 0 amide bonds. The van der Waals surface area contributed by atoms with Gasteiger partial charge in [0.15, 0.2) is 0 Å². The Balaban J connectivity index is 2.13. The van der Waals surface area contributed by atoms with Crippen molar-refractivity contribution < 1.29 is 0 Å². The summed E-state index contributed by atoms with van der Waals surface area (Å²) >= 11 is 7.34. The van der Waals surface area contributed by atoms with Gasteiger partial charge in [-0.3, -0.25) is 4.90 Å². The Kier molecular flexibility index (Phi) is 6.79. The van der Waals surface area contributed by atoms with Gasteiger partial charge in [-0.15, -0.1) is 0 Å². The summed E-state index contributed by atoms with van der Waals surface area (Å²) in [7, 11) is 0. The number of nitrogens with zero attached hydrogens (tertiary/aromatic N) is 1. The first kappa shape index (κ1) is 14.0. The summed E-state index contributed by atoms with van der Waals surface area (Å²) in [6.45, 7) is 4.87. The van der Waals surface area contributed by atoms with Crippen molar-refractivity contribution >= 4 is 31.9 Å². The van der Waals surface area contributed by atoms with E-state index in [1.807, 2.05) is 0 Å². The van der Waals surface area contributed by atoms with Crippen molar-refractivity contribution in [2.24, 2.45) is 0 Å². The fourth-order valence-corrected chi connectivity index (χ4v) is 3.27. The number of hydrogen-bond donors (Lipinski definition) is 0. The van der Waals surface area contributed by atoms with Gasteiger partial charge < -0.3 is 0 Å². The van der Waals surface area contributed by atoms with Crippen LogP contribution in [0.1, 0.15) is 51.9 Å². The fourth-order valence-electron chi connectivity index (χ4n) is 2.24. The molecular formula is C12H23Br2N. The topological polar surface area (TPSA) is 3.24 Å². The summed E-state index contributed by atoms with van der Waals surface area (Å²) < 4.78 is 0.278. The van der Waals surface area contributed by atoms with Crippen molar-refractivity contribution in [1.82, 2.24) is 4.90 Å². The van der Waals surface area contributed by atoms with Gasteiger partial charge in [-0.1, -0.05) is 44.7 Å². The van der Waals surface area contributed by atoms with Gasteiger partial charge in [0.25, 0.3) is 0 Å². The second kappa shape index (κ2) is 7.29. The summed E-state index contributed by atoms with van der Waals surface area (Å²) in [6, 6.07) is 0. The highest BCUT2D eigenvalue weighted by Crippen LogP contribution is 2.33. The normalized spacial score (nSPS) is 28.2. The first-order valence-electron chi connectivity index (χ1n) is 6.17. The van der Waals surface area contributed by atoms with Crippen molar-refractivity contribution in [3.63, 3.8) is 0 Å². The molecule has 15 heavy (non-hydrogen) atoms. The van der Waals surface area contributed by atoms with Crippen LogP contribution in [0.3, 0.4) is 0 Å². The third kappa shape index (κ3) is 5.18. The monoisotopic (exact) mass is 339 g/mol. The third-order valence-electron chi connectivity index (χ3n) is 3.28. The molecule has 0 N–H and O–H groups in total. The van der Waals surface area contributed by atoms with Crippen LogP contribution in [0.2, 0.25) is 0 Å². The van der Waals surface area contributed by atoms with Gasteiger partial charge in [0.05, 0.1) is 4.45 Å². The zero-order valence-electron chi connectivity index (χ0n) is 9.77. The molecule has 1 unspecified atom stereocenters. The molecular weight excluding hydrogens is 318 g/mol. The summed E-state index contributed by atoms with van der Waals surface area (Å²) in [5, 5.41) is 1.16. The zero-order chi connectivity index (χ0) is 11.1. The number of halogens is 2. The number of alkyl halides is 2. The quantitative estimate of drug-likeness (QED) is 0.390. The van der Waals surface area contributed by atoms with E-state index in [-0.39, 0.29) is 4.45 Å². The molecule has 1 nitrogen and oxygen atoms in total. The van der Waals surface area contributed by atoms with Crippen molar-refractivity contribution in [3.05, 3.63) is 0 Å². The molecule has 0 bridgehead atoms. The molecule has 1 atom stereocenters. The molecule has 3 heteroatoms. The van der Waals surface area contributed by atoms with Gasteiger partial charge in [-0.2, -0.15) is 0 Å². The minimum atomic E-state index is 0.278. The zero-order valence-corrected chi connectivity index (χ0v) is 12.9. The van der Waals surface area contributed by atoms with Crippen LogP contribution in [0.4, 0.5) is 0 Å². The SMILES string of the molecule is CC1(Br)CCCCN1CCCCCCBr. The molecule has 0 aliphatic carbocycles. The van der Waals surface area contributed by atoms with E-state index in [2.05, 4.69) is 43.7 Å². The third-order valence-corrected chi connectivity index (χ3v) is 4.74. The number of piperidine rings is 1. The van der Waals surface area contributed by atoms with Crippen LogP contribution in [0.15, 0.2) is 0 Å². The molecule has 0 aromatic carbocycles. The fraction of sp³-hybridized carbons (Fsp3) is 1.00. The van der Waals surface area contributed by atoms with E-state index in [0.717, 1.165) is 5.33 Å². The maximum absolute atomic E-state index is 3.86. The average Bonchev–Trinajstić information content (AvgIpc) is 2.19. The number of hydrogen-bond acceptors (Lipinski definition) is 1. The van der Waals surface area contributed by atoms with Crippen LogP contribution < -0.4 is 0 Å². The van der Waals surface area contributed by atoms with Gasteiger partial charge in [0, 0.05) is 5.33 Å². The Morgan fingerprint density at radius 2 is 1.87 bits per heavy atom. The Labute approximate surface area is 111 Å². The summed E-state index contributed by atoms with van der Waals surface area (Å²) in [5.41, 5.74) is 0. The molecule has 1 aliphatic rings. The van der Waals surface area contributed by atoms with Crippen molar-refractivity contribution in [1.29, 1.82) is 0 Å². The van der Waals surface area contributed by atoms with E-state index in [0.29, 0.717) is 0 Å². The van der Waals surface area contributed by atoms with Crippen LogP contribution in [-0.2, 0) is 0 Å². The Morgan fingerprint density at radius 3 is 2.53 bits per heavy atom. The number of unbranched alkanes of at least 4 members (excludes halogenated alkanes) is 3. The molecule has 0 aromatic heterocycles. The highest BCUT2D eigenvalue weighted by molar-refractivity contribution is 9.10. The standard InChI is InChI=1S/C12H23Br2N/c1-12(14)8-4-7-11-15(12)10-6-3-2-5-9-13/h2-11H2,1H3. The van der Waals surface area contributed by atoms with E-state index in [9.17, 15) is 0 Å². The van der Waals surface area contributed by atoms with E-state index < -0.39 is 0 Å². The minimum Gasteiger partial charge on any atom is -0.289 e. The van der Waals surface area contributed by atoms with Crippen LogP contribution in [0.5, 0.6) is 0 Å². The van der Waals surface area contributed by atoms with Gasteiger partial charge in [-0.05, 0) is 52.1 Å². The lowest BCUT2D eigenvalue weighted by Crippen LogP contribution is -2.45. The van der Waals surface area contributed by atoms with Gasteiger partial charge in [-0.25, -0.2) is 0 Å². The number of rotatable bonds is 6. The average molecular weight is 341 g/mol. The van der Waals surface area contributed by atoms with E-state index in [1.54, 1.807) is 0 Å². The van der Waals surface area contributed by atoms with E-state index in [4.69, 9.17) is 0 Å². The van der Waals surface area contributed by atoms with Crippen molar-refractivity contribution in [3.8, 4) is 0 Å². The van der Waals surface area contributed by atoms with E-state index >= 15 is 0 Å². The highest BCUT2D eigenvalue weighted by Gasteiger charge is 2.30. The lowest BCUT2D eigenvalue weighted by atomic mass is 10.0.